The fourth-order valence-corrected chi connectivity index (χ4v) is 9.14. The topological polar surface area (TPSA) is 89.8 Å². The first-order valence-corrected chi connectivity index (χ1v) is 28.6. The van der Waals surface area contributed by atoms with Crippen molar-refractivity contribution in [3.63, 3.8) is 0 Å². The van der Waals surface area contributed by atoms with Gasteiger partial charge in [-0.2, -0.15) is 0 Å². The van der Waals surface area contributed by atoms with E-state index < -0.39 is 18.2 Å². The molecule has 0 heterocycles. The minimum absolute atomic E-state index is 0.140. The van der Waals surface area contributed by atoms with Gasteiger partial charge in [0.25, 0.3) is 0 Å². The SMILES string of the molecule is CCCCCCCCCCC/C=C\C/C=C\CCCCCCCCCCCCCCCCCCCC(=O)NC(CO)C(O)C(O)CCCCCCCCCCCCCCCCCC. The summed E-state index contributed by atoms with van der Waals surface area (Å²) in [6.45, 7) is 4.21. The predicted molar refractivity (Wildman–Crippen MR) is 278 cm³/mol. The summed E-state index contributed by atoms with van der Waals surface area (Å²) in [5.41, 5.74) is 0. The van der Waals surface area contributed by atoms with Gasteiger partial charge < -0.3 is 20.6 Å². The van der Waals surface area contributed by atoms with Gasteiger partial charge in [0, 0.05) is 6.42 Å². The van der Waals surface area contributed by atoms with E-state index in [1.165, 1.54) is 250 Å². The molecule has 0 spiro atoms. The smallest absolute Gasteiger partial charge is 0.220 e. The van der Waals surface area contributed by atoms with Gasteiger partial charge in [-0.1, -0.05) is 289 Å². The number of aliphatic hydroxyl groups excluding tert-OH is 3. The van der Waals surface area contributed by atoms with Crippen molar-refractivity contribution in [3.05, 3.63) is 24.3 Å². The van der Waals surface area contributed by atoms with Crippen LogP contribution < -0.4 is 5.32 Å². The molecule has 4 N–H and O–H groups in total. The number of hydrogen-bond acceptors (Lipinski definition) is 4. The normalized spacial score (nSPS) is 13.4. The molecule has 3 unspecified atom stereocenters. The molecule has 0 fully saturated rings. The van der Waals surface area contributed by atoms with Crippen LogP contribution in [0.2, 0.25) is 0 Å². The number of unbranched alkanes of at least 4 members (excludes halogenated alkanes) is 41. The lowest BCUT2D eigenvalue weighted by Crippen LogP contribution is -2.50. The fraction of sp³-hybridized carbons (Fsp3) is 0.914. The van der Waals surface area contributed by atoms with Gasteiger partial charge in [-0.25, -0.2) is 0 Å². The van der Waals surface area contributed by atoms with E-state index in [1.54, 1.807) is 0 Å². The van der Waals surface area contributed by atoms with Gasteiger partial charge in [0.1, 0.15) is 6.10 Å². The Bertz CT molecular complexity index is 936. The van der Waals surface area contributed by atoms with Crippen molar-refractivity contribution in [1.82, 2.24) is 5.32 Å². The number of hydrogen-bond donors (Lipinski definition) is 4. The second-order valence-electron chi connectivity index (χ2n) is 19.9. The molecule has 0 saturated carbocycles. The number of amides is 1. The van der Waals surface area contributed by atoms with Crippen LogP contribution in [0.1, 0.15) is 316 Å². The van der Waals surface area contributed by atoms with Crippen molar-refractivity contribution in [2.45, 2.75) is 334 Å². The zero-order valence-corrected chi connectivity index (χ0v) is 42.7. The standard InChI is InChI=1S/C58H113NO4/c1-3-5-7-9-11-13-15-17-19-21-22-23-24-25-26-27-28-29-30-31-32-33-34-35-36-37-39-41-43-45-47-49-51-53-57(62)59-55(54-60)58(63)56(61)52-50-48-46-44-42-40-38-20-18-16-14-12-10-8-6-4-2/h22-23,25-26,55-56,58,60-61,63H,3-21,24,27-54H2,1-2H3,(H,59,62)/b23-22-,26-25-. The average Bonchev–Trinajstić information content (AvgIpc) is 3.29. The zero-order valence-electron chi connectivity index (χ0n) is 42.7. The lowest BCUT2D eigenvalue weighted by molar-refractivity contribution is -0.124. The van der Waals surface area contributed by atoms with E-state index in [4.69, 9.17) is 0 Å². The summed E-state index contributed by atoms with van der Waals surface area (Å²) in [6.07, 6.45) is 67.7. The Morgan fingerprint density at radius 3 is 1.00 bits per heavy atom. The Labute approximate surface area is 394 Å². The lowest BCUT2D eigenvalue weighted by atomic mass is 9.99. The van der Waals surface area contributed by atoms with E-state index in [0.29, 0.717) is 12.8 Å². The molecule has 3 atom stereocenters. The molecule has 0 aromatic heterocycles. The average molecular weight is 889 g/mol. The minimum atomic E-state index is -1.13. The van der Waals surface area contributed by atoms with Crippen molar-refractivity contribution in [1.29, 1.82) is 0 Å². The molecule has 0 aliphatic heterocycles. The highest BCUT2D eigenvalue weighted by Crippen LogP contribution is 2.18. The molecule has 0 aliphatic carbocycles. The third kappa shape index (κ3) is 48.6. The molecule has 0 aliphatic rings. The molecular formula is C58H113NO4. The number of aliphatic hydroxyl groups is 3. The third-order valence-corrected chi connectivity index (χ3v) is 13.6. The summed E-state index contributed by atoms with van der Waals surface area (Å²) in [5, 5.41) is 33.7. The van der Waals surface area contributed by atoms with E-state index in [2.05, 4.69) is 43.5 Å². The maximum atomic E-state index is 12.5. The molecule has 0 aromatic rings. The van der Waals surface area contributed by atoms with Gasteiger partial charge in [0.2, 0.25) is 5.91 Å². The number of carbonyl (C=O) groups excluding carboxylic acids is 1. The molecule has 374 valence electrons. The van der Waals surface area contributed by atoms with Crippen LogP contribution in [-0.4, -0.2) is 46.1 Å². The first kappa shape index (κ1) is 61.8. The molecular weight excluding hydrogens is 775 g/mol. The highest BCUT2D eigenvalue weighted by atomic mass is 16.3. The van der Waals surface area contributed by atoms with Crippen molar-refractivity contribution in [2.24, 2.45) is 0 Å². The minimum Gasteiger partial charge on any atom is -0.394 e. The zero-order chi connectivity index (χ0) is 45.8. The Balaban J connectivity index is 3.49. The van der Waals surface area contributed by atoms with Gasteiger partial charge in [0.05, 0.1) is 18.8 Å². The maximum Gasteiger partial charge on any atom is 0.220 e. The summed E-state index contributed by atoms with van der Waals surface area (Å²) < 4.78 is 0. The fourth-order valence-electron chi connectivity index (χ4n) is 9.14. The Kier molecular flexibility index (Phi) is 52.5. The first-order valence-electron chi connectivity index (χ1n) is 28.6. The first-order chi connectivity index (χ1) is 31.1. The summed E-state index contributed by atoms with van der Waals surface area (Å²) in [7, 11) is 0. The lowest BCUT2D eigenvalue weighted by Gasteiger charge is -2.26. The van der Waals surface area contributed by atoms with E-state index >= 15 is 0 Å². The monoisotopic (exact) mass is 888 g/mol. The Hall–Kier alpha value is -1.17. The van der Waals surface area contributed by atoms with Crippen LogP contribution in [0.15, 0.2) is 24.3 Å². The second-order valence-corrected chi connectivity index (χ2v) is 19.9. The van der Waals surface area contributed by atoms with Gasteiger partial charge in [-0.15, -0.1) is 0 Å². The van der Waals surface area contributed by atoms with E-state index in [9.17, 15) is 20.1 Å². The Morgan fingerprint density at radius 2 is 0.683 bits per heavy atom. The number of allylic oxidation sites excluding steroid dienone is 4. The van der Waals surface area contributed by atoms with E-state index in [-0.39, 0.29) is 12.5 Å². The molecule has 63 heavy (non-hydrogen) atoms. The predicted octanol–water partition coefficient (Wildman–Crippen LogP) is 17.7. The van der Waals surface area contributed by atoms with Gasteiger partial charge in [0.15, 0.2) is 0 Å². The van der Waals surface area contributed by atoms with Crippen LogP contribution in [0.4, 0.5) is 0 Å². The summed E-state index contributed by atoms with van der Waals surface area (Å²) >= 11 is 0. The van der Waals surface area contributed by atoms with Crippen molar-refractivity contribution in [2.75, 3.05) is 6.61 Å². The molecule has 0 aromatic carbocycles. The van der Waals surface area contributed by atoms with Crippen molar-refractivity contribution in [3.8, 4) is 0 Å². The molecule has 0 saturated heterocycles. The molecule has 0 bridgehead atoms. The summed E-state index contributed by atoms with van der Waals surface area (Å²) in [6, 6.07) is -0.807. The quantitative estimate of drug-likeness (QED) is 0.0362. The Morgan fingerprint density at radius 1 is 0.397 bits per heavy atom. The van der Waals surface area contributed by atoms with Gasteiger partial charge in [-0.05, 0) is 44.9 Å². The van der Waals surface area contributed by atoms with Gasteiger partial charge in [-0.3, -0.25) is 4.79 Å². The van der Waals surface area contributed by atoms with Crippen LogP contribution in [0.3, 0.4) is 0 Å². The second kappa shape index (κ2) is 53.4. The van der Waals surface area contributed by atoms with Gasteiger partial charge >= 0.3 is 0 Å². The van der Waals surface area contributed by atoms with E-state index in [0.717, 1.165) is 38.5 Å². The molecule has 0 radical (unpaired) electrons. The number of nitrogens with one attached hydrogen (secondary N) is 1. The molecule has 5 nitrogen and oxygen atoms in total. The van der Waals surface area contributed by atoms with Crippen LogP contribution in [0, 0.1) is 0 Å². The summed E-state index contributed by atoms with van der Waals surface area (Å²) in [4.78, 5) is 12.5. The highest BCUT2D eigenvalue weighted by Gasteiger charge is 2.26. The highest BCUT2D eigenvalue weighted by molar-refractivity contribution is 5.76. The van der Waals surface area contributed by atoms with Crippen LogP contribution >= 0.6 is 0 Å². The third-order valence-electron chi connectivity index (χ3n) is 13.6. The molecule has 1 amide bonds. The van der Waals surface area contributed by atoms with Crippen molar-refractivity contribution < 1.29 is 20.1 Å². The maximum absolute atomic E-state index is 12.5. The number of rotatable bonds is 53. The molecule has 0 rings (SSSR count). The van der Waals surface area contributed by atoms with Crippen molar-refractivity contribution >= 4 is 5.91 Å². The number of carbonyl (C=O) groups is 1. The molecule has 5 heteroatoms. The largest absolute Gasteiger partial charge is 0.394 e. The van der Waals surface area contributed by atoms with Crippen LogP contribution in [0.25, 0.3) is 0 Å². The van der Waals surface area contributed by atoms with Crippen LogP contribution in [0.5, 0.6) is 0 Å². The van der Waals surface area contributed by atoms with Crippen LogP contribution in [-0.2, 0) is 4.79 Å². The van der Waals surface area contributed by atoms with E-state index in [1.807, 2.05) is 0 Å². The summed E-state index contributed by atoms with van der Waals surface area (Å²) in [5.74, 6) is -0.140.